The van der Waals surface area contributed by atoms with Crippen LogP contribution in [0.1, 0.15) is 52.9 Å². The molecule has 0 spiro atoms. The molecule has 2 unspecified atom stereocenters. The maximum absolute atomic E-state index is 12.1. The number of carbonyl (C=O) groups excluding carboxylic acids is 2. The Kier molecular flexibility index (Phi) is 6.27. The second-order valence-corrected chi connectivity index (χ2v) is 7.65. The molecule has 23 heavy (non-hydrogen) atoms. The molecule has 132 valence electrons. The zero-order valence-corrected chi connectivity index (χ0v) is 14.7. The quantitative estimate of drug-likeness (QED) is 0.810. The van der Waals surface area contributed by atoms with Gasteiger partial charge >= 0.3 is 6.09 Å². The first kappa shape index (κ1) is 18.0. The first-order valence-corrected chi connectivity index (χ1v) is 8.83. The molecule has 1 heterocycles. The summed E-state index contributed by atoms with van der Waals surface area (Å²) in [4.78, 5) is 25.8. The molecule has 2 rings (SSSR count). The van der Waals surface area contributed by atoms with Crippen LogP contribution in [0.5, 0.6) is 0 Å². The number of rotatable bonds is 5. The number of ether oxygens (including phenoxy) is 1. The van der Waals surface area contributed by atoms with Crippen molar-refractivity contribution in [1.29, 1.82) is 0 Å². The second kappa shape index (κ2) is 7.99. The van der Waals surface area contributed by atoms with E-state index >= 15 is 0 Å². The largest absolute Gasteiger partial charge is 0.444 e. The van der Waals surface area contributed by atoms with Crippen molar-refractivity contribution in [3.63, 3.8) is 0 Å². The highest BCUT2D eigenvalue weighted by Gasteiger charge is 2.29. The maximum Gasteiger partial charge on any atom is 0.407 e. The van der Waals surface area contributed by atoms with Gasteiger partial charge in [-0.15, -0.1) is 0 Å². The lowest BCUT2D eigenvalue weighted by atomic mass is 10.0. The smallest absolute Gasteiger partial charge is 0.407 e. The van der Waals surface area contributed by atoms with Crippen molar-refractivity contribution in [3.8, 4) is 0 Å². The van der Waals surface area contributed by atoms with E-state index in [0.717, 1.165) is 45.2 Å². The highest BCUT2D eigenvalue weighted by Crippen LogP contribution is 2.25. The Morgan fingerprint density at radius 3 is 2.48 bits per heavy atom. The molecular formula is C17H31N3O3. The van der Waals surface area contributed by atoms with Gasteiger partial charge in [0.2, 0.25) is 5.91 Å². The monoisotopic (exact) mass is 325 g/mol. The number of likely N-dealkylation sites (tertiary alicyclic amines) is 1. The van der Waals surface area contributed by atoms with Crippen molar-refractivity contribution in [1.82, 2.24) is 15.5 Å². The van der Waals surface area contributed by atoms with Crippen LogP contribution in [-0.2, 0) is 9.53 Å². The topological polar surface area (TPSA) is 70.7 Å². The molecule has 0 bridgehead atoms. The Balaban J connectivity index is 1.70. The average Bonchev–Trinajstić information content (AvgIpc) is 3.12. The molecule has 1 aliphatic heterocycles. The molecule has 1 saturated carbocycles. The summed E-state index contributed by atoms with van der Waals surface area (Å²) in [5, 5.41) is 6.25. The van der Waals surface area contributed by atoms with Crippen LogP contribution < -0.4 is 10.6 Å². The third-order valence-corrected chi connectivity index (χ3v) is 4.54. The van der Waals surface area contributed by atoms with Crippen molar-refractivity contribution in [2.45, 2.75) is 64.5 Å². The Hall–Kier alpha value is -1.30. The molecule has 2 amide bonds. The van der Waals surface area contributed by atoms with Gasteiger partial charge in [0, 0.05) is 25.7 Å². The van der Waals surface area contributed by atoms with Crippen LogP contribution in [0.25, 0.3) is 0 Å². The third-order valence-electron chi connectivity index (χ3n) is 4.54. The minimum Gasteiger partial charge on any atom is -0.444 e. The van der Waals surface area contributed by atoms with E-state index in [9.17, 15) is 9.59 Å². The van der Waals surface area contributed by atoms with Crippen molar-refractivity contribution in [3.05, 3.63) is 0 Å². The SMILES string of the molecule is CC(C)(C)OC(=O)NCC1CCCC1NCC(=O)N1CCCC1. The number of amides is 2. The normalized spacial score (nSPS) is 24.7. The minimum absolute atomic E-state index is 0.202. The molecule has 2 atom stereocenters. The summed E-state index contributed by atoms with van der Waals surface area (Å²) in [6.45, 7) is 8.38. The van der Waals surface area contributed by atoms with Crippen molar-refractivity contribution in [2.75, 3.05) is 26.2 Å². The lowest BCUT2D eigenvalue weighted by molar-refractivity contribution is -0.129. The summed E-state index contributed by atoms with van der Waals surface area (Å²) >= 11 is 0. The van der Waals surface area contributed by atoms with Gasteiger partial charge < -0.3 is 20.3 Å². The number of carbonyl (C=O) groups is 2. The zero-order chi connectivity index (χ0) is 16.9. The minimum atomic E-state index is -0.473. The maximum atomic E-state index is 12.1. The molecule has 2 fully saturated rings. The van der Waals surface area contributed by atoms with Crippen LogP contribution in [0.3, 0.4) is 0 Å². The Morgan fingerprint density at radius 2 is 1.83 bits per heavy atom. The highest BCUT2D eigenvalue weighted by molar-refractivity contribution is 5.78. The first-order chi connectivity index (χ1) is 10.8. The lowest BCUT2D eigenvalue weighted by Crippen LogP contribution is -2.44. The highest BCUT2D eigenvalue weighted by atomic mass is 16.6. The van der Waals surface area contributed by atoms with Gasteiger partial charge in [0.15, 0.2) is 0 Å². The number of hydrogen-bond acceptors (Lipinski definition) is 4. The van der Waals surface area contributed by atoms with Gasteiger partial charge in [-0.2, -0.15) is 0 Å². The van der Waals surface area contributed by atoms with E-state index < -0.39 is 5.60 Å². The molecular weight excluding hydrogens is 294 g/mol. The zero-order valence-electron chi connectivity index (χ0n) is 14.7. The average molecular weight is 325 g/mol. The van der Waals surface area contributed by atoms with Gasteiger partial charge in [0.1, 0.15) is 5.60 Å². The third kappa shape index (κ3) is 6.01. The second-order valence-electron chi connectivity index (χ2n) is 7.65. The molecule has 6 heteroatoms. The predicted molar refractivity (Wildman–Crippen MR) is 89.2 cm³/mol. The van der Waals surface area contributed by atoms with Crippen LogP contribution in [0.15, 0.2) is 0 Å². The molecule has 0 radical (unpaired) electrons. The molecule has 0 aromatic heterocycles. The van der Waals surface area contributed by atoms with E-state index in [4.69, 9.17) is 4.74 Å². The van der Waals surface area contributed by atoms with E-state index in [1.165, 1.54) is 0 Å². The van der Waals surface area contributed by atoms with E-state index in [-0.39, 0.29) is 12.0 Å². The van der Waals surface area contributed by atoms with E-state index in [0.29, 0.717) is 25.0 Å². The Bertz CT molecular complexity index is 414. The number of hydrogen-bond donors (Lipinski definition) is 2. The fourth-order valence-electron chi connectivity index (χ4n) is 3.38. The van der Waals surface area contributed by atoms with Gasteiger partial charge in [-0.1, -0.05) is 6.42 Å². The van der Waals surface area contributed by atoms with Crippen molar-refractivity contribution < 1.29 is 14.3 Å². The van der Waals surface area contributed by atoms with Crippen molar-refractivity contribution in [2.24, 2.45) is 5.92 Å². The van der Waals surface area contributed by atoms with Gasteiger partial charge in [0.25, 0.3) is 0 Å². The van der Waals surface area contributed by atoms with Crippen LogP contribution in [0.2, 0.25) is 0 Å². The van der Waals surface area contributed by atoms with Crippen molar-refractivity contribution >= 4 is 12.0 Å². The van der Waals surface area contributed by atoms with Gasteiger partial charge in [0.05, 0.1) is 6.54 Å². The molecule has 2 aliphatic rings. The molecule has 0 aromatic rings. The standard InChI is InChI=1S/C17H31N3O3/c1-17(2,3)23-16(22)19-11-13-7-6-8-14(13)18-12-15(21)20-9-4-5-10-20/h13-14,18H,4-12H2,1-3H3,(H,19,22). The van der Waals surface area contributed by atoms with Crippen LogP contribution in [0.4, 0.5) is 4.79 Å². The van der Waals surface area contributed by atoms with E-state index in [1.54, 1.807) is 0 Å². The summed E-state index contributed by atoms with van der Waals surface area (Å²) in [5.74, 6) is 0.571. The summed E-state index contributed by atoms with van der Waals surface area (Å²) in [5.41, 5.74) is -0.473. The van der Waals surface area contributed by atoms with Gasteiger partial charge in [-0.3, -0.25) is 4.79 Å². The van der Waals surface area contributed by atoms with Crippen LogP contribution in [-0.4, -0.2) is 54.7 Å². The Morgan fingerprint density at radius 1 is 1.13 bits per heavy atom. The predicted octanol–water partition coefficient (Wildman–Crippen LogP) is 1.89. The summed E-state index contributed by atoms with van der Waals surface area (Å²) in [6, 6.07) is 0.302. The van der Waals surface area contributed by atoms with E-state index in [1.807, 2.05) is 25.7 Å². The van der Waals surface area contributed by atoms with Gasteiger partial charge in [-0.25, -0.2) is 4.79 Å². The molecule has 0 aromatic carbocycles. The number of nitrogens with one attached hydrogen (secondary N) is 2. The fourth-order valence-corrected chi connectivity index (χ4v) is 3.38. The van der Waals surface area contributed by atoms with Crippen LogP contribution >= 0.6 is 0 Å². The summed E-state index contributed by atoms with van der Waals surface area (Å²) in [6.07, 6.45) is 5.15. The summed E-state index contributed by atoms with van der Waals surface area (Å²) < 4.78 is 5.27. The fraction of sp³-hybridized carbons (Fsp3) is 0.882. The Labute approximate surface area is 139 Å². The number of alkyl carbamates (subject to hydrolysis) is 1. The van der Waals surface area contributed by atoms with Gasteiger partial charge in [-0.05, 0) is 52.4 Å². The lowest BCUT2D eigenvalue weighted by Gasteiger charge is -2.24. The van der Waals surface area contributed by atoms with Crippen LogP contribution in [0, 0.1) is 5.92 Å². The first-order valence-electron chi connectivity index (χ1n) is 8.83. The molecule has 2 N–H and O–H groups in total. The summed E-state index contributed by atoms with van der Waals surface area (Å²) in [7, 11) is 0. The molecule has 6 nitrogen and oxygen atoms in total. The number of nitrogens with zero attached hydrogens (tertiary/aromatic N) is 1. The molecule has 1 aliphatic carbocycles. The van der Waals surface area contributed by atoms with E-state index in [2.05, 4.69) is 10.6 Å². The molecule has 1 saturated heterocycles.